The summed E-state index contributed by atoms with van der Waals surface area (Å²) in [5.41, 5.74) is 2.86. The fourth-order valence-electron chi connectivity index (χ4n) is 2.64. The van der Waals surface area contributed by atoms with E-state index in [4.69, 9.17) is 9.15 Å². The van der Waals surface area contributed by atoms with Crippen LogP contribution < -0.4 is 5.32 Å². The minimum Gasteiger partial charge on any atom is -0.441 e. The van der Waals surface area contributed by atoms with Gasteiger partial charge in [0.1, 0.15) is 0 Å². The van der Waals surface area contributed by atoms with E-state index in [1.807, 2.05) is 54.6 Å². The molecular formula is C21H22N2O3. The lowest BCUT2D eigenvalue weighted by molar-refractivity contribution is -0.116. The molecule has 5 heteroatoms. The molecule has 0 spiro atoms. The highest BCUT2D eigenvalue weighted by Crippen LogP contribution is 2.20. The Hall–Kier alpha value is -2.92. The Labute approximate surface area is 153 Å². The summed E-state index contributed by atoms with van der Waals surface area (Å²) in [6.07, 6.45) is 3.46. The van der Waals surface area contributed by atoms with Crippen molar-refractivity contribution in [3.05, 3.63) is 72.2 Å². The SMILES string of the molecule is COCc1ccc(NC(=O)CCCc2ncc(-c3ccccc3)o2)cc1. The van der Waals surface area contributed by atoms with Crippen LogP contribution in [-0.2, 0) is 22.6 Å². The zero-order valence-corrected chi connectivity index (χ0v) is 14.8. The zero-order valence-electron chi connectivity index (χ0n) is 14.8. The molecule has 0 aliphatic carbocycles. The molecule has 3 rings (SSSR count). The molecule has 0 saturated carbocycles. The molecule has 0 atom stereocenters. The molecule has 1 amide bonds. The summed E-state index contributed by atoms with van der Waals surface area (Å²) in [6.45, 7) is 0.565. The molecule has 2 aromatic carbocycles. The molecule has 1 N–H and O–H groups in total. The van der Waals surface area contributed by atoms with Gasteiger partial charge in [0.05, 0.1) is 12.8 Å². The van der Waals surface area contributed by atoms with Crippen molar-refractivity contribution in [1.29, 1.82) is 0 Å². The predicted octanol–water partition coefficient (Wildman–Crippen LogP) is 4.45. The van der Waals surface area contributed by atoms with E-state index < -0.39 is 0 Å². The molecule has 5 nitrogen and oxygen atoms in total. The lowest BCUT2D eigenvalue weighted by atomic mass is 10.2. The lowest BCUT2D eigenvalue weighted by Crippen LogP contribution is -2.11. The third kappa shape index (κ3) is 5.04. The average Bonchev–Trinajstić information content (AvgIpc) is 3.13. The van der Waals surface area contributed by atoms with Crippen molar-refractivity contribution in [2.24, 2.45) is 0 Å². The van der Waals surface area contributed by atoms with Gasteiger partial charge in [0, 0.05) is 31.2 Å². The second-order valence-corrected chi connectivity index (χ2v) is 6.02. The smallest absolute Gasteiger partial charge is 0.224 e. The van der Waals surface area contributed by atoms with Crippen LogP contribution in [0.25, 0.3) is 11.3 Å². The number of hydrogen-bond donors (Lipinski definition) is 1. The van der Waals surface area contributed by atoms with Gasteiger partial charge in [-0.2, -0.15) is 0 Å². The van der Waals surface area contributed by atoms with Gasteiger partial charge in [0.15, 0.2) is 11.7 Å². The number of carbonyl (C=O) groups is 1. The highest BCUT2D eigenvalue weighted by atomic mass is 16.5. The third-order valence-electron chi connectivity index (χ3n) is 3.96. The number of aryl methyl sites for hydroxylation is 1. The predicted molar refractivity (Wildman–Crippen MR) is 101 cm³/mol. The number of amides is 1. The fraction of sp³-hybridized carbons (Fsp3) is 0.238. The number of nitrogens with one attached hydrogen (secondary N) is 1. The van der Waals surface area contributed by atoms with Crippen molar-refractivity contribution in [3.63, 3.8) is 0 Å². The second kappa shape index (κ2) is 8.97. The lowest BCUT2D eigenvalue weighted by Gasteiger charge is -2.06. The summed E-state index contributed by atoms with van der Waals surface area (Å²) >= 11 is 0. The van der Waals surface area contributed by atoms with E-state index in [1.54, 1.807) is 13.3 Å². The van der Waals surface area contributed by atoms with E-state index in [0.29, 0.717) is 31.8 Å². The molecular weight excluding hydrogens is 328 g/mol. The molecule has 0 radical (unpaired) electrons. The van der Waals surface area contributed by atoms with Crippen molar-refractivity contribution in [2.45, 2.75) is 25.9 Å². The first-order chi connectivity index (χ1) is 12.7. The van der Waals surface area contributed by atoms with E-state index >= 15 is 0 Å². The highest BCUT2D eigenvalue weighted by molar-refractivity contribution is 5.90. The molecule has 0 aliphatic rings. The number of aromatic nitrogens is 1. The van der Waals surface area contributed by atoms with Gasteiger partial charge in [-0.25, -0.2) is 4.98 Å². The van der Waals surface area contributed by atoms with E-state index in [1.165, 1.54) is 0 Å². The van der Waals surface area contributed by atoms with Crippen LogP contribution in [0.2, 0.25) is 0 Å². The minimum atomic E-state index is -0.0145. The average molecular weight is 350 g/mol. The van der Waals surface area contributed by atoms with Crippen LogP contribution in [0.3, 0.4) is 0 Å². The molecule has 134 valence electrons. The normalized spacial score (nSPS) is 10.7. The number of benzene rings is 2. The fourth-order valence-corrected chi connectivity index (χ4v) is 2.64. The maximum atomic E-state index is 12.1. The van der Waals surface area contributed by atoms with Gasteiger partial charge < -0.3 is 14.5 Å². The van der Waals surface area contributed by atoms with Crippen molar-refractivity contribution in [1.82, 2.24) is 4.98 Å². The molecule has 0 saturated heterocycles. The minimum absolute atomic E-state index is 0.0145. The number of ether oxygens (including phenoxy) is 1. The molecule has 0 aliphatic heterocycles. The molecule has 0 fully saturated rings. The standard InChI is InChI=1S/C21H22N2O3/c1-25-15-16-10-12-18(13-11-16)23-20(24)8-5-9-21-22-14-19(26-21)17-6-3-2-4-7-17/h2-4,6-7,10-14H,5,8-9,15H2,1H3,(H,23,24). The number of methoxy groups -OCH3 is 1. The highest BCUT2D eigenvalue weighted by Gasteiger charge is 2.08. The summed E-state index contributed by atoms with van der Waals surface area (Å²) < 4.78 is 10.8. The van der Waals surface area contributed by atoms with Crippen LogP contribution >= 0.6 is 0 Å². The van der Waals surface area contributed by atoms with Crippen molar-refractivity contribution in [2.75, 3.05) is 12.4 Å². The summed E-state index contributed by atoms with van der Waals surface area (Å²) in [5, 5.41) is 2.90. The van der Waals surface area contributed by atoms with E-state index in [0.717, 1.165) is 22.6 Å². The summed E-state index contributed by atoms with van der Waals surface area (Å²) in [7, 11) is 1.66. The van der Waals surface area contributed by atoms with Crippen LogP contribution in [0.15, 0.2) is 65.2 Å². The number of carbonyl (C=O) groups excluding carboxylic acids is 1. The number of rotatable bonds is 8. The van der Waals surface area contributed by atoms with Gasteiger partial charge in [-0.05, 0) is 24.1 Å². The topological polar surface area (TPSA) is 64.4 Å². The first-order valence-electron chi connectivity index (χ1n) is 8.62. The van der Waals surface area contributed by atoms with E-state index in [-0.39, 0.29) is 5.91 Å². The van der Waals surface area contributed by atoms with Gasteiger partial charge in [-0.3, -0.25) is 4.79 Å². The second-order valence-electron chi connectivity index (χ2n) is 6.02. The molecule has 1 aromatic heterocycles. The first kappa shape index (κ1) is 17.9. The van der Waals surface area contributed by atoms with Crippen molar-refractivity contribution < 1.29 is 13.9 Å². The summed E-state index contributed by atoms with van der Waals surface area (Å²) in [5.74, 6) is 1.39. The number of oxazole rings is 1. The molecule has 0 unspecified atom stereocenters. The summed E-state index contributed by atoms with van der Waals surface area (Å²) in [4.78, 5) is 16.3. The number of hydrogen-bond acceptors (Lipinski definition) is 4. The van der Waals surface area contributed by atoms with E-state index in [9.17, 15) is 4.79 Å². The Morgan fingerprint density at radius 2 is 1.88 bits per heavy atom. The van der Waals surface area contributed by atoms with Gasteiger partial charge in [0.25, 0.3) is 0 Å². The first-order valence-corrected chi connectivity index (χ1v) is 8.62. The maximum absolute atomic E-state index is 12.1. The van der Waals surface area contributed by atoms with Gasteiger partial charge in [-0.15, -0.1) is 0 Å². The van der Waals surface area contributed by atoms with Gasteiger partial charge in [0.2, 0.25) is 5.91 Å². The summed E-state index contributed by atoms with van der Waals surface area (Å²) in [6, 6.07) is 17.5. The zero-order chi connectivity index (χ0) is 18.2. The van der Waals surface area contributed by atoms with Crippen molar-refractivity contribution >= 4 is 11.6 Å². The Morgan fingerprint density at radius 1 is 1.12 bits per heavy atom. The van der Waals surface area contributed by atoms with Gasteiger partial charge >= 0.3 is 0 Å². The molecule has 1 heterocycles. The number of anilines is 1. The van der Waals surface area contributed by atoms with Crippen molar-refractivity contribution in [3.8, 4) is 11.3 Å². The Morgan fingerprint density at radius 3 is 2.62 bits per heavy atom. The Kier molecular flexibility index (Phi) is 6.17. The van der Waals surface area contributed by atoms with Gasteiger partial charge in [-0.1, -0.05) is 42.5 Å². The van der Waals surface area contributed by atoms with Crippen LogP contribution in [-0.4, -0.2) is 18.0 Å². The molecule has 0 bridgehead atoms. The monoisotopic (exact) mass is 350 g/mol. The van der Waals surface area contributed by atoms with Crippen LogP contribution in [0.1, 0.15) is 24.3 Å². The van der Waals surface area contributed by atoms with Crippen LogP contribution in [0, 0.1) is 0 Å². The number of nitrogens with zero attached hydrogens (tertiary/aromatic N) is 1. The molecule has 26 heavy (non-hydrogen) atoms. The maximum Gasteiger partial charge on any atom is 0.224 e. The Balaban J connectivity index is 1.44. The van der Waals surface area contributed by atoms with Crippen LogP contribution in [0.4, 0.5) is 5.69 Å². The quantitative estimate of drug-likeness (QED) is 0.652. The van der Waals surface area contributed by atoms with E-state index in [2.05, 4.69) is 10.3 Å². The largest absolute Gasteiger partial charge is 0.441 e. The van der Waals surface area contributed by atoms with Crippen LogP contribution in [0.5, 0.6) is 0 Å². The third-order valence-corrected chi connectivity index (χ3v) is 3.96. The Bertz CT molecular complexity index is 826. The molecule has 3 aromatic rings.